The number of carbonyl (C=O) groups excluding carboxylic acids is 2. The number of hydrogen-bond donors (Lipinski definition) is 1. The average molecular weight is 224 g/mol. The third-order valence-electron chi connectivity index (χ3n) is 0.962. The molecule has 0 fully saturated rings. The van der Waals surface area contributed by atoms with E-state index in [4.69, 9.17) is 5.73 Å². The van der Waals surface area contributed by atoms with Crippen LogP contribution in [0.3, 0.4) is 0 Å². The molecule has 0 amide bonds. The van der Waals surface area contributed by atoms with E-state index in [2.05, 4.69) is 0 Å². The van der Waals surface area contributed by atoms with Gasteiger partial charge in [-0.2, -0.15) is 0 Å². The molecule has 0 aromatic carbocycles. The Morgan fingerprint density at radius 2 is 1.75 bits per heavy atom. The summed E-state index contributed by atoms with van der Waals surface area (Å²) in [4.78, 5) is 19.6. The normalized spacial score (nSPS) is 10.4. The standard InChI is InChI=1S/C5H9NO4.Ca.K/c6-3(5(9)10)1-2-4(7)8;;/h3H,1-2,6H2,(H,7,8)(H,9,10);;/q;+2;+1/p-2/t3-;;/m0../s1. The Balaban J connectivity index is -0.000000405. The third kappa shape index (κ3) is 11.8. The maximum absolute atomic E-state index is 9.86. The zero-order valence-corrected chi connectivity index (χ0v) is 12.2. The van der Waals surface area contributed by atoms with Gasteiger partial charge in [0.05, 0.1) is 5.97 Å². The first kappa shape index (κ1) is 19.4. The Labute approximate surface area is 142 Å². The Morgan fingerprint density at radius 3 is 2.00 bits per heavy atom. The van der Waals surface area contributed by atoms with Gasteiger partial charge in [0.15, 0.2) is 0 Å². The summed E-state index contributed by atoms with van der Waals surface area (Å²) in [5.74, 6) is -2.75. The van der Waals surface area contributed by atoms with Crippen LogP contribution in [0.15, 0.2) is 0 Å². The van der Waals surface area contributed by atoms with E-state index in [1.54, 1.807) is 0 Å². The molecule has 0 bridgehead atoms. The average Bonchev–Trinajstić information content (AvgIpc) is 1.82. The SMILES string of the molecule is N[C@@H](CCC(=O)[O-])C(=O)[O-].[Ca+2].[K+]. The van der Waals surface area contributed by atoms with E-state index in [-0.39, 0.29) is 102 Å². The van der Waals surface area contributed by atoms with Crippen LogP contribution in [0.1, 0.15) is 12.8 Å². The molecular formula is C5H7CaKNO4+. The van der Waals surface area contributed by atoms with Gasteiger partial charge in [-0.25, -0.2) is 0 Å². The van der Waals surface area contributed by atoms with Gasteiger partial charge in [0.25, 0.3) is 0 Å². The Bertz CT molecular complexity index is 154. The summed E-state index contributed by atoms with van der Waals surface area (Å²) in [5.41, 5.74) is 4.91. The molecule has 0 aromatic heterocycles. The second-order valence-electron chi connectivity index (χ2n) is 1.84. The molecule has 7 heteroatoms. The molecule has 0 saturated heterocycles. The number of rotatable bonds is 4. The van der Waals surface area contributed by atoms with Gasteiger partial charge in [-0.15, -0.1) is 0 Å². The summed E-state index contributed by atoms with van der Waals surface area (Å²) >= 11 is 0. The van der Waals surface area contributed by atoms with Gasteiger partial charge in [-0.05, 0) is 12.8 Å². The van der Waals surface area contributed by atoms with E-state index in [1.807, 2.05) is 0 Å². The quantitative estimate of drug-likeness (QED) is 0.478. The van der Waals surface area contributed by atoms with Gasteiger partial charge < -0.3 is 25.5 Å². The smallest absolute Gasteiger partial charge is 0.550 e. The fraction of sp³-hybridized carbons (Fsp3) is 0.600. The molecule has 5 nitrogen and oxygen atoms in total. The summed E-state index contributed by atoms with van der Waals surface area (Å²) in [6.45, 7) is 0. The van der Waals surface area contributed by atoms with E-state index in [0.717, 1.165) is 0 Å². The summed E-state index contributed by atoms with van der Waals surface area (Å²) in [6.07, 6.45) is -0.500. The van der Waals surface area contributed by atoms with Crippen LogP contribution in [-0.4, -0.2) is 55.7 Å². The summed E-state index contributed by atoms with van der Waals surface area (Å²) in [7, 11) is 0. The van der Waals surface area contributed by atoms with Gasteiger partial charge in [0, 0.05) is 12.0 Å². The topological polar surface area (TPSA) is 106 Å². The minimum Gasteiger partial charge on any atom is -0.550 e. The minimum absolute atomic E-state index is 0. The van der Waals surface area contributed by atoms with Crippen molar-refractivity contribution in [3.63, 3.8) is 0 Å². The van der Waals surface area contributed by atoms with Crippen molar-refractivity contribution in [2.45, 2.75) is 18.9 Å². The Kier molecular flexibility index (Phi) is 17.6. The zero-order chi connectivity index (χ0) is 8.15. The molecule has 0 aromatic rings. The van der Waals surface area contributed by atoms with Crippen molar-refractivity contribution in [2.24, 2.45) is 5.73 Å². The molecule has 0 saturated carbocycles. The Morgan fingerprint density at radius 1 is 1.33 bits per heavy atom. The summed E-state index contributed by atoms with van der Waals surface area (Å²) < 4.78 is 0. The summed E-state index contributed by atoms with van der Waals surface area (Å²) in [5, 5.41) is 19.6. The fourth-order valence-electron chi connectivity index (χ4n) is 0.391. The first-order valence-electron chi connectivity index (χ1n) is 2.70. The number of carbonyl (C=O) groups is 2. The Hall–Kier alpha value is 1.80. The molecule has 0 heterocycles. The van der Waals surface area contributed by atoms with Crippen LogP contribution >= 0.6 is 0 Å². The second-order valence-corrected chi connectivity index (χ2v) is 1.84. The molecule has 0 aliphatic heterocycles. The molecular weight excluding hydrogens is 217 g/mol. The first-order valence-corrected chi connectivity index (χ1v) is 2.70. The largest absolute Gasteiger partial charge is 2.00 e. The predicted octanol–water partition coefficient (Wildman–Crippen LogP) is -6.78. The monoisotopic (exact) mass is 224 g/mol. The van der Waals surface area contributed by atoms with Crippen LogP contribution in [-0.2, 0) is 9.59 Å². The van der Waals surface area contributed by atoms with Crippen LogP contribution in [0.5, 0.6) is 0 Å². The molecule has 12 heavy (non-hydrogen) atoms. The summed E-state index contributed by atoms with van der Waals surface area (Å²) in [6, 6.07) is -1.21. The minimum atomic E-state index is -1.44. The van der Waals surface area contributed by atoms with Crippen LogP contribution in [0.25, 0.3) is 0 Å². The van der Waals surface area contributed by atoms with Gasteiger partial charge in [-0.1, -0.05) is 0 Å². The molecule has 58 valence electrons. The maximum atomic E-state index is 9.86. The van der Waals surface area contributed by atoms with Crippen molar-refractivity contribution in [2.75, 3.05) is 0 Å². The number of hydrogen-bond acceptors (Lipinski definition) is 5. The second kappa shape index (κ2) is 10.9. The van der Waals surface area contributed by atoms with Gasteiger partial charge >= 0.3 is 89.1 Å². The van der Waals surface area contributed by atoms with Crippen molar-refractivity contribution in [1.29, 1.82) is 0 Å². The number of carboxylic acid groups (broad SMARTS) is 2. The van der Waals surface area contributed by atoms with Gasteiger partial charge in [-0.3, -0.25) is 0 Å². The first-order chi connectivity index (χ1) is 4.54. The molecule has 0 unspecified atom stereocenters. The van der Waals surface area contributed by atoms with Crippen molar-refractivity contribution in [3.05, 3.63) is 0 Å². The van der Waals surface area contributed by atoms with Crippen LogP contribution in [0, 0.1) is 0 Å². The van der Waals surface area contributed by atoms with E-state index in [9.17, 15) is 19.8 Å². The predicted molar refractivity (Wildman–Crippen MR) is 33.0 cm³/mol. The molecule has 0 spiro atoms. The number of carboxylic acids is 2. The van der Waals surface area contributed by atoms with Crippen molar-refractivity contribution in [3.8, 4) is 0 Å². The molecule has 0 rings (SSSR count). The molecule has 0 aliphatic carbocycles. The molecule has 1 atom stereocenters. The van der Waals surface area contributed by atoms with E-state index >= 15 is 0 Å². The molecule has 2 N–H and O–H groups in total. The maximum Gasteiger partial charge on any atom is 2.00 e. The van der Waals surface area contributed by atoms with Gasteiger partial charge in [0.2, 0.25) is 0 Å². The van der Waals surface area contributed by atoms with Gasteiger partial charge in [0.1, 0.15) is 0 Å². The van der Waals surface area contributed by atoms with Crippen molar-refractivity contribution < 1.29 is 71.2 Å². The third-order valence-corrected chi connectivity index (χ3v) is 0.962. The number of nitrogens with two attached hydrogens (primary N) is 1. The van der Waals surface area contributed by atoms with Crippen LogP contribution in [0.4, 0.5) is 0 Å². The van der Waals surface area contributed by atoms with E-state index in [0.29, 0.717) is 0 Å². The zero-order valence-electron chi connectivity index (χ0n) is 6.91. The van der Waals surface area contributed by atoms with Crippen molar-refractivity contribution in [1.82, 2.24) is 0 Å². The fourth-order valence-corrected chi connectivity index (χ4v) is 0.391. The number of aliphatic carboxylic acids is 2. The molecule has 0 aliphatic rings. The van der Waals surface area contributed by atoms with Crippen molar-refractivity contribution >= 4 is 49.7 Å². The van der Waals surface area contributed by atoms with E-state index < -0.39 is 18.0 Å². The van der Waals surface area contributed by atoms with E-state index in [1.165, 1.54) is 0 Å². The molecule has 0 radical (unpaired) electrons. The van der Waals surface area contributed by atoms with Crippen LogP contribution < -0.4 is 67.3 Å². The van der Waals surface area contributed by atoms with Crippen LogP contribution in [0.2, 0.25) is 0 Å².